The lowest BCUT2D eigenvalue weighted by molar-refractivity contribution is -0.139. The third kappa shape index (κ3) is 5.96. The number of esters is 1. The van der Waals surface area contributed by atoms with E-state index in [1.807, 2.05) is 49.6 Å². The molecule has 3 aromatic rings. The third-order valence-electron chi connectivity index (χ3n) is 3.79. The summed E-state index contributed by atoms with van der Waals surface area (Å²) < 4.78 is 22.0. The minimum absolute atomic E-state index is 0.0477. The molecule has 0 saturated carbocycles. The van der Waals surface area contributed by atoms with Gasteiger partial charge >= 0.3 is 5.97 Å². The minimum Gasteiger partial charge on any atom is -0.490 e. The summed E-state index contributed by atoms with van der Waals surface area (Å²) in [5, 5.41) is 1.95. The van der Waals surface area contributed by atoms with E-state index < -0.39 is 5.97 Å². The lowest BCUT2D eigenvalue weighted by atomic mass is 10.2. The molecular weight excluding hydrogens is 390 g/mol. The van der Waals surface area contributed by atoms with Crippen LogP contribution >= 0.6 is 11.3 Å². The summed E-state index contributed by atoms with van der Waals surface area (Å²) in [6, 6.07) is 9.39. The molecule has 7 heteroatoms. The molecule has 2 heterocycles. The van der Waals surface area contributed by atoms with Gasteiger partial charge in [0, 0.05) is 6.08 Å². The zero-order valence-electron chi connectivity index (χ0n) is 16.4. The fraction of sp³-hybridized carbons (Fsp3) is 0.273. The Balaban J connectivity index is 1.56. The first kappa shape index (κ1) is 20.7. The highest BCUT2D eigenvalue weighted by atomic mass is 32.1. The first-order valence-electron chi connectivity index (χ1n) is 9.42. The first-order chi connectivity index (χ1) is 14.2. The number of hydrogen-bond acceptors (Lipinski definition) is 7. The maximum absolute atomic E-state index is 12.0. The summed E-state index contributed by atoms with van der Waals surface area (Å²) in [7, 11) is 0. The van der Waals surface area contributed by atoms with Gasteiger partial charge in [0.15, 0.2) is 11.5 Å². The highest BCUT2D eigenvalue weighted by Gasteiger charge is 2.09. The smallest absolute Gasteiger partial charge is 0.331 e. The number of hydrogen-bond donors (Lipinski definition) is 0. The molecule has 0 saturated heterocycles. The van der Waals surface area contributed by atoms with E-state index in [0.717, 1.165) is 16.9 Å². The van der Waals surface area contributed by atoms with Crippen molar-refractivity contribution in [3.63, 3.8) is 0 Å². The summed E-state index contributed by atoms with van der Waals surface area (Å²) in [6.07, 6.45) is 5.46. The molecule has 0 spiro atoms. The standard InChI is InChI=1S/C22H23NO5S/c1-3-11-26-18-9-7-16(13-19(18)25-4-2)8-10-21(24)27-14-17-15-28-22(23-17)20-6-5-12-29-20/h5-10,12-13,15H,3-4,11,14H2,1-2H3/b10-8+. The van der Waals surface area contributed by atoms with Gasteiger partial charge in [0.1, 0.15) is 18.6 Å². The van der Waals surface area contributed by atoms with Crippen molar-refractivity contribution in [1.82, 2.24) is 4.98 Å². The summed E-state index contributed by atoms with van der Waals surface area (Å²) in [5.41, 5.74) is 1.38. The molecule has 152 valence electrons. The third-order valence-corrected chi connectivity index (χ3v) is 4.65. The van der Waals surface area contributed by atoms with E-state index >= 15 is 0 Å². The van der Waals surface area contributed by atoms with Gasteiger partial charge in [-0.05, 0) is 48.6 Å². The van der Waals surface area contributed by atoms with Crippen LogP contribution in [0.4, 0.5) is 0 Å². The topological polar surface area (TPSA) is 70.8 Å². The normalized spacial score (nSPS) is 11.0. The van der Waals surface area contributed by atoms with Crippen LogP contribution in [0.2, 0.25) is 0 Å². The van der Waals surface area contributed by atoms with Crippen LogP contribution in [-0.2, 0) is 16.1 Å². The summed E-state index contributed by atoms with van der Waals surface area (Å²) in [5.74, 6) is 1.41. The molecule has 0 amide bonds. The number of benzene rings is 1. The van der Waals surface area contributed by atoms with Gasteiger partial charge < -0.3 is 18.6 Å². The average molecular weight is 413 g/mol. The number of oxazole rings is 1. The maximum Gasteiger partial charge on any atom is 0.331 e. The van der Waals surface area contributed by atoms with Crippen molar-refractivity contribution < 1.29 is 23.4 Å². The largest absolute Gasteiger partial charge is 0.490 e. The van der Waals surface area contributed by atoms with Crippen LogP contribution in [-0.4, -0.2) is 24.2 Å². The van der Waals surface area contributed by atoms with Crippen molar-refractivity contribution in [3.8, 4) is 22.3 Å². The molecule has 29 heavy (non-hydrogen) atoms. The Hall–Kier alpha value is -3.06. The van der Waals surface area contributed by atoms with Gasteiger partial charge in [-0.1, -0.05) is 19.1 Å². The molecule has 6 nitrogen and oxygen atoms in total. The molecule has 3 rings (SSSR count). The van der Waals surface area contributed by atoms with E-state index in [0.29, 0.717) is 36.3 Å². The molecule has 1 aromatic carbocycles. The second-order valence-corrected chi connectivity index (χ2v) is 7.00. The van der Waals surface area contributed by atoms with Crippen LogP contribution < -0.4 is 9.47 Å². The number of nitrogens with zero attached hydrogens (tertiary/aromatic N) is 1. The lowest BCUT2D eigenvalue weighted by Gasteiger charge is -2.12. The number of ether oxygens (including phenoxy) is 3. The SMILES string of the molecule is CCCOc1ccc(/C=C/C(=O)OCc2coc(-c3cccs3)n2)cc1OCC. The van der Waals surface area contributed by atoms with Gasteiger partial charge in [0.05, 0.1) is 18.1 Å². The Morgan fingerprint density at radius 2 is 2.10 bits per heavy atom. The van der Waals surface area contributed by atoms with Crippen molar-refractivity contribution in [2.45, 2.75) is 26.9 Å². The molecule has 2 aromatic heterocycles. The Morgan fingerprint density at radius 1 is 1.21 bits per heavy atom. The molecular formula is C22H23NO5S. The average Bonchev–Trinajstić information content (AvgIpc) is 3.42. The van der Waals surface area contributed by atoms with Gasteiger partial charge in [-0.15, -0.1) is 11.3 Å². The molecule has 0 radical (unpaired) electrons. The van der Waals surface area contributed by atoms with E-state index in [1.54, 1.807) is 6.08 Å². The molecule has 0 aliphatic carbocycles. The zero-order chi connectivity index (χ0) is 20.5. The number of carbonyl (C=O) groups is 1. The number of carbonyl (C=O) groups excluding carboxylic acids is 1. The monoisotopic (exact) mass is 413 g/mol. The van der Waals surface area contributed by atoms with Crippen molar-refractivity contribution in [2.24, 2.45) is 0 Å². The van der Waals surface area contributed by atoms with Crippen LogP contribution in [0.5, 0.6) is 11.5 Å². The van der Waals surface area contributed by atoms with E-state index in [-0.39, 0.29) is 6.61 Å². The van der Waals surface area contributed by atoms with E-state index in [4.69, 9.17) is 18.6 Å². The van der Waals surface area contributed by atoms with Crippen LogP contribution in [0.1, 0.15) is 31.5 Å². The Morgan fingerprint density at radius 3 is 2.86 bits per heavy atom. The number of rotatable bonds is 10. The van der Waals surface area contributed by atoms with Crippen molar-refractivity contribution in [3.05, 3.63) is 59.3 Å². The van der Waals surface area contributed by atoms with Gasteiger partial charge in [-0.2, -0.15) is 0 Å². The molecule has 0 aliphatic heterocycles. The molecule has 0 atom stereocenters. The Kier molecular flexibility index (Phi) is 7.47. The fourth-order valence-electron chi connectivity index (χ4n) is 2.47. The highest BCUT2D eigenvalue weighted by molar-refractivity contribution is 7.13. The second-order valence-electron chi connectivity index (χ2n) is 6.05. The Bertz CT molecular complexity index is 946. The van der Waals surface area contributed by atoms with Crippen LogP contribution in [0.25, 0.3) is 16.8 Å². The lowest BCUT2D eigenvalue weighted by Crippen LogP contribution is -2.01. The highest BCUT2D eigenvalue weighted by Crippen LogP contribution is 2.29. The van der Waals surface area contributed by atoms with Crippen molar-refractivity contribution >= 4 is 23.4 Å². The van der Waals surface area contributed by atoms with Crippen molar-refractivity contribution in [2.75, 3.05) is 13.2 Å². The second kappa shape index (κ2) is 10.5. The van der Waals surface area contributed by atoms with E-state index in [9.17, 15) is 4.79 Å². The fourth-order valence-corrected chi connectivity index (χ4v) is 3.13. The summed E-state index contributed by atoms with van der Waals surface area (Å²) in [4.78, 5) is 17.3. The molecule has 0 unspecified atom stereocenters. The zero-order valence-corrected chi connectivity index (χ0v) is 17.2. The Labute approximate surface area is 173 Å². The maximum atomic E-state index is 12.0. The van der Waals surface area contributed by atoms with Crippen LogP contribution in [0, 0.1) is 0 Å². The number of thiophene rings is 1. The van der Waals surface area contributed by atoms with Crippen LogP contribution in [0.15, 0.2) is 52.5 Å². The quantitative estimate of drug-likeness (QED) is 0.330. The van der Waals surface area contributed by atoms with Crippen LogP contribution in [0.3, 0.4) is 0 Å². The summed E-state index contributed by atoms with van der Waals surface area (Å²) >= 11 is 1.53. The molecule has 0 fully saturated rings. The van der Waals surface area contributed by atoms with Gasteiger partial charge in [0.25, 0.3) is 0 Å². The summed E-state index contributed by atoms with van der Waals surface area (Å²) in [6.45, 7) is 5.16. The van der Waals surface area contributed by atoms with Gasteiger partial charge in [0.2, 0.25) is 5.89 Å². The van der Waals surface area contributed by atoms with E-state index in [2.05, 4.69) is 4.98 Å². The predicted octanol–water partition coefficient (Wildman–Crippen LogP) is 5.35. The number of aromatic nitrogens is 1. The van der Waals surface area contributed by atoms with E-state index in [1.165, 1.54) is 23.7 Å². The molecule has 0 aliphatic rings. The van der Waals surface area contributed by atoms with Crippen molar-refractivity contribution in [1.29, 1.82) is 0 Å². The molecule has 0 bridgehead atoms. The van der Waals surface area contributed by atoms with Gasteiger partial charge in [-0.3, -0.25) is 0 Å². The predicted molar refractivity (Wildman–Crippen MR) is 112 cm³/mol. The van der Waals surface area contributed by atoms with Gasteiger partial charge in [-0.25, -0.2) is 9.78 Å². The first-order valence-corrected chi connectivity index (χ1v) is 10.3. The molecule has 0 N–H and O–H groups in total. The minimum atomic E-state index is -0.463.